The summed E-state index contributed by atoms with van der Waals surface area (Å²) in [6.07, 6.45) is 3.04. The van der Waals surface area contributed by atoms with Gasteiger partial charge in [0.1, 0.15) is 0 Å². The van der Waals surface area contributed by atoms with Gasteiger partial charge in [-0.25, -0.2) is 8.42 Å². The molecule has 0 unspecified atom stereocenters. The lowest BCUT2D eigenvalue weighted by Crippen LogP contribution is -2.32. The highest BCUT2D eigenvalue weighted by Gasteiger charge is 2.19. The van der Waals surface area contributed by atoms with Crippen molar-refractivity contribution in [1.29, 1.82) is 0 Å². The van der Waals surface area contributed by atoms with E-state index in [0.29, 0.717) is 35.7 Å². The molecule has 2 aromatic carbocycles. The van der Waals surface area contributed by atoms with Gasteiger partial charge in [-0.2, -0.15) is 0 Å². The van der Waals surface area contributed by atoms with Crippen molar-refractivity contribution in [3.8, 4) is 0 Å². The molecular weight excluding hydrogens is 406 g/mol. The molecule has 160 valence electrons. The Morgan fingerprint density at radius 2 is 1.80 bits per heavy atom. The van der Waals surface area contributed by atoms with Crippen LogP contribution in [0.5, 0.6) is 0 Å². The Morgan fingerprint density at radius 1 is 1.10 bits per heavy atom. The standard InChI is InChI=1S/C21H25N3O5S/c1-24(30(2,27)28)16-11-9-15(10-12-16)20(25)23-19-8-4-3-7-18(19)21(26)22-14-17-6-5-13-29-17/h3-4,7-12,17H,5-6,13-14H2,1-2H3,(H,22,26)(H,23,25)/t17-/m0/s1. The van der Waals surface area contributed by atoms with Crippen LogP contribution in [0.4, 0.5) is 11.4 Å². The second-order valence-electron chi connectivity index (χ2n) is 7.12. The molecule has 0 aliphatic carbocycles. The molecule has 3 rings (SSSR count). The van der Waals surface area contributed by atoms with Crippen molar-refractivity contribution in [3.05, 3.63) is 59.7 Å². The first-order valence-corrected chi connectivity index (χ1v) is 11.4. The fourth-order valence-electron chi connectivity index (χ4n) is 3.11. The van der Waals surface area contributed by atoms with Crippen LogP contribution in [0.15, 0.2) is 48.5 Å². The summed E-state index contributed by atoms with van der Waals surface area (Å²) in [6.45, 7) is 1.14. The quantitative estimate of drug-likeness (QED) is 0.700. The molecule has 2 aromatic rings. The second-order valence-corrected chi connectivity index (χ2v) is 9.14. The van der Waals surface area contributed by atoms with Crippen molar-refractivity contribution in [3.63, 3.8) is 0 Å². The summed E-state index contributed by atoms with van der Waals surface area (Å²) in [6, 6.07) is 12.9. The maximum atomic E-state index is 12.6. The van der Waals surface area contributed by atoms with Crippen LogP contribution >= 0.6 is 0 Å². The Labute approximate surface area is 176 Å². The Hall–Kier alpha value is -2.91. The van der Waals surface area contributed by atoms with Crippen LogP contribution in [0, 0.1) is 0 Å². The Balaban J connectivity index is 1.68. The number of para-hydroxylation sites is 1. The molecule has 2 amide bonds. The molecular formula is C21H25N3O5S. The van der Waals surface area contributed by atoms with Crippen LogP contribution in [0.25, 0.3) is 0 Å². The van der Waals surface area contributed by atoms with Crippen LogP contribution in [0.1, 0.15) is 33.6 Å². The van der Waals surface area contributed by atoms with E-state index in [1.807, 2.05) is 0 Å². The third-order valence-electron chi connectivity index (χ3n) is 4.92. The van der Waals surface area contributed by atoms with Gasteiger partial charge in [-0.3, -0.25) is 13.9 Å². The van der Waals surface area contributed by atoms with Crippen LogP contribution in [0.3, 0.4) is 0 Å². The van der Waals surface area contributed by atoms with E-state index in [1.54, 1.807) is 36.4 Å². The van der Waals surface area contributed by atoms with Crippen molar-refractivity contribution in [2.24, 2.45) is 0 Å². The van der Waals surface area contributed by atoms with Gasteiger partial charge in [-0.1, -0.05) is 12.1 Å². The molecule has 0 bridgehead atoms. The number of rotatable bonds is 7. The number of anilines is 2. The molecule has 0 aromatic heterocycles. The summed E-state index contributed by atoms with van der Waals surface area (Å²) < 4.78 is 29.9. The van der Waals surface area contributed by atoms with E-state index in [2.05, 4.69) is 10.6 Å². The number of hydrogen-bond acceptors (Lipinski definition) is 5. The Morgan fingerprint density at radius 3 is 2.43 bits per heavy atom. The highest BCUT2D eigenvalue weighted by Crippen LogP contribution is 2.19. The average molecular weight is 432 g/mol. The average Bonchev–Trinajstić information content (AvgIpc) is 3.25. The fraction of sp³-hybridized carbons (Fsp3) is 0.333. The van der Waals surface area contributed by atoms with E-state index in [1.165, 1.54) is 19.2 Å². The smallest absolute Gasteiger partial charge is 0.255 e. The van der Waals surface area contributed by atoms with Gasteiger partial charge in [-0.15, -0.1) is 0 Å². The van der Waals surface area contributed by atoms with Gasteiger partial charge in [0.05, 0.1) is 29.3 Å². The molecule has 0 spiro atoms. The van der Waals surface area contributed by atoms with Gasteiger partial charge >= 0.3 is 0 Å². The van der Waals surface area contributed by atoms with Gasteiger partial charge in [0, 0.05) is 25.8 Å². The minimum Gasteiger partial charge on any atom is -0.376 e. The number of benzene rings is 2. The summed E-state index contributed by atoms with van der Waals surface area (Å²) in [5.74, 6) is -0.686. The van der Waals surface area contributed by atoms with E-state index in [0.717, 1.165) is 23.4 Å². The van der Waals surface area contributed by atoms with Gasteiger partial charge < -0.3 is 15.4 Å². The van der Waals surface area contributed by atoms with E-state index in [9.17, 15) is 18.0 Å². The summed E-state index contributed by atoms with van der Waals surface area (Å²) in [4.78, 5) is 25.2. The van der Waals surface area contributed by atoms with E-state index >= 15 is 0 Å². The largest absolute Gasteiger partial charge is 0.376 e. The summed E-state index contributed by atoms with van der Waals surface area (Å²) in [5, 5.41) is 5.60. The molecule has 1 aliphatic heterocycles. The number of carbonyl (C=O) groups is 2. The molecule has 9 heteroatoms. The normalized spacial score (nSPS) is 16.1. The van der Waals surface area contributed by atoms with E-state index in [4.69, 9.17) is 4.74 Å². The minimum absolute atomic E-state index is 0.0271. The molecule has 1 aliphatic rings. The van der Waals surface area contributed by atoms with Gasteiger partial charge in [0.15, 0.2) is 0 Å². The molecule has 1 heterocycles. The Kier molecular flexibility index (Phi) is 6.73. The number of hydrogen-bond donors (Lipinski definition) is 2. The zero-order chi connectivity index (χ0) is 21.7. The van der Waals surface area contributed by atoms with E-state index < -0.39 is 15.9 Å². The molecule has 8 nitrogen and oxygen atoms in total. The third kappa shape index (κ3) is 5.37. The van der Waals surface area contributed by atoms with Crippen LogP contribution in [0.2, 0.25) is 0 Å². The maximum absolute atomic E-state index is 12.6. The minimum atomic E-state index is -3.39. The zero-order valence-corrected chi connectivity index (χ0v) is 17.7. The highest BCUT2D eigenvalue weighted by molar-refractivity contribution is 7.92. The Bertz CT molecular complexity index is 1020. The predicted octanol–water partition coefficient (Wildman–Crippen LogP) is 2.24. The van der Waals surface area contributed by atoms with Gasteiger partial charge in [0.2, 0.25) is 10.0 Å². The molecule has 0 radical (unpaired) electrons. The number of nitrogens with one attached hydrogen (secondary N) is 2. The van der Waals surface area contributed by atoms with Crippen molar-refractivity contribution in [1.82, 2.24) is 5.32 Å². The van der Waals surface area contributed by atoms with Crippen molar-refractivity contribution in [2.45, 2.75) is 18.9 Å². The predicted molar refractivity (Wildman–Crippen MR) is 115 cm³/mol. The SMILES string of the molecule is CN(c1ccc(C(=O)Nc2ccccc2C(=O)NC[C@@H]2CCCO2)cc1)S(C)(=O)=O. The lowest BCUT2D eigenvalue weighted by atomic mass is 10.1. The molecule has 1 saturated heterocycles. The highest BCUT2D eigenvalue weighted by atomic mass is 32.2. The van der Waals surface area contributed by atoms with Gasteiger partial charge in [-0.05, 0) is 49.2 Å². The second kappa shape index (κ2) is 9.27. The summed E-state index contributed by atoms with van der Waals surface area (Å²) in [7, 11) is -1.94. The molecule has 30 heavy (non-hydrogen) atoms. The zero-order valence-electron chi connectivity index (χ0n) is 16.9. The maximum Gasteiger partial charge on any atom is 0.255 e. The molecule has 0 saturated carbocycles. The first-order chi connectivity index (χ1) is 14.3. The first kappa shape index (κ1) is 21.8. The van der Waals surface area contributed by atoms with Crippen molar-refractivity contribution < 1.29 is 22.7 Å². The first-order valence-electron chi connectivity index (χ1n) is 9.60. The van der Waals surface area contributed by atoms with Crippen molar-refractivity contribution >= 4 is 33.2 Å². The number of amides is 2. The monoisotopic (exact) mass is 431 g/mol. The van der Waals surface area contributed by atoms with Crippen LogP contribution in [-0.4, -0.2) is 52.8 Å². The lowest BCUT2D eigenvalue weighted by Gasteiger charge is -2.17. The van der Waals surface area contributed by atoms with Crippen LogP contribution < -0.4 is 14.9 Å². The van der Waals surface area contributed by atoms with Crippen LogP contribution in [-0.2, 0) is 14.8 Å². The lowest BCUT2D eigenvalue weighted by molar-refractivity contribution is 0.0858. The summed E-state index contributed by atoms with van der Waals surface area (Å²) >= 11 is 0. The number of sulfonamides is 1. The molecule has 2 N–H and O–H groups in total. The summed E-state index contributed by atoms with van der Waals surface area (Å²) in [5.41, 5.74) is 1.54. The van der Waals surface area contributed by atoms with E-state index in [-0.39, 0.29) is 12.0 Å². The fourth-order valence-corrected chi connectivity index (χ4v) is 3.61. The number of ether oxygens (including phenoxy) is 1. The number of carbonyl (C=O) groups excluding carboxylic acids is 2. The third-order valence-corrected chi connectivity index (χ3v) is 6.13. The number of nitrogens with zero attached hydrogens (tertiary/aromatic N) is 1. The van der Waals surface area contributed by atoms with Gasteiger partial charge in [0.25, 0.3) is 11.8 Å². The molecule has 1 fully saturated rings. The van der Waals surface area contributed by atoms with Crippen molar-refractivity contribution in [2.75, 3.05) is 36.1 Å². The molecule has 1 atom stereocenters. The topological polar surface area (TPSA) is 105 Å².